The Morgan fingerprint density at radius 1 is 1.25 bits per heavy atom. The number of rotatable bonds is 6. The molecule has 0 aliphatic rings. The van der Waals surface area contributed by atoms with Gasteiger partial charge in [0.1, 0.15) is 0 Å². The molecule has 0 saturated heterocycles. The van der Waals surface area contributed by atoms with Crippen LogP contribution < -0.4 is 0 Å². The molecular formula is C20H21N7S. The Labute approximate surface area is 167 Å². The molecule has 3 aromatic heterocycles. The number of hydrogen-bond donors (Lipinski definition) is 0. The summed E-state index contributed by atoms with van der Waals surface area (Å²) >= 11 is 1.59. The van der Waals surface area contributed by atoms with E-state index >= 15 is 0 Å². The second-order valence-corrected chi connectivity index (χ2v) is 7.48. The first kappa shape index (κ1) is 18.2. The number of fused-ring (bicyclic) bond motifs is 1. The van der Waals surface area contributed by atoms with Crippen molar-refractivity contribution in [1.82, 2.24) is 34.1 Å². The maximum atomic E-state index is 4.42. The lowest BCUT2D eigenvalue weighted by Gasteiger charge is -2.04. The number of hydrogen-bond acceptors (Lipinski definition) is 5. The average Bonchev–Trinajstić information content (AvgIpc) is 3.39. The predicted octanol–water partition coefficient (Wildman–Crippen LogP) is 3.80. The molecule has 0 radical (unpaired) electrons. The standard InChI is InChI=1S/C20H21N7S/c1-5-27-13-21-17-8-7-16(10-18(17)27)28-20-24-23-19(26(20)4)9-6-14(2)15-11-22-25(3)12-15/h6-13H,2,5H2,1,3-4H3/b9-6-. The first-order chi connectivity index (χ1) is 13.5. The molecule has 0 spiro atoms. The van der Waals surface area contributed by atoms with Crippen LogP contribution in [0.15, 0.2) is 59.6 Å². The smallest absolute Gasteiger partial charge is 0.196 e. The number of allylic oxidation sites excluding steroid dienone is 2. The van der Waals surface area contributed by atoms with Crippen molar-refractivity contribution >= 4 is 34.4 Å². The minimum atomic E-state index is 0.771. The zero-order chi connectivity index (χ0) is 19.7. The van der Waals surface area contributed by atoms with Crippen LogP contribution in [0.4, 0.5) is 0 Å². The zero-order valence-corrected chi connectivity index (χ0v) is 16.9. The second kappa shape index (κ2) is 7.47. The first-order valence-electron chi connectivity index (χ1n) is 8.93. The number of nitrogens with zero attached hydrogens (tertiary/aromatic N) is 7. The highest BCUT2D eigenvalue weighted by Crippen LogP contribution is 2.29. The quantitative estimate of drug-likeness (QED) is 0.468. The summed E-state index contributed by atoms with van der Waals surface area (Å²) in [6.07, 6.45) is 9.45. The molecule has 8 heteroatoms. The molecule has 28 heavy (non-hydrogen) atoms. The largest absolute Gasteiger partial charge is 0.331 e. The van der Waals surface area contributed by atoms with E-state index in [0.29, 0.717) is 0 Å². The van der Waals surface area contributed by atoms with E-state index in [-0.39, 0.29) is 0 Å². The fourth-order valence-electron chi connectivity index (χ4n) is 2.88. The Kier molecular flexibility index (Phi) is 4.87. The maximum absolute atomic E-state index is 4.42. The first-order valence-corrected chi connectivity index (χ1v) is 9.75. The summed E-state index contributed by atoms with van der Waals surface area (Å²) in [6.45, 7) is 7.09. The number of benzene rings is 1. The van der Waals surface area contributed by atoms with Crippen molar-refractivity contribution in [3.8, 4) is 0 Å². The van der Waals surface area contributed by atoms with Crippen LogP contribution in [-0.4, -0.2) is 34.1 Å². The molecule has 0 saturated carbocycles. The highest BCUT2D eigenvalue weighted by molar-refractivity contribution is 7.99. The molecule has 0 atom stereocenters. The maximum Gasteiger partial charge on any atom is 0.196 e. The van der Waals surface area contributed by atoms with E-state index in [2.05, 4.69) is 50.5 Å². The molecule has 142 valence electrons. The molecule has 0 aliphatic carbocycles. The van der Waals surface area contributed by atoms with E-state index in [1.807, 2.05) is 49.4 Å². The Morgan fingerprint density at radius 2 is 2.11 bits per heavy atom. The zero-order valence-electron chi connectivity index (χ0n) is 16.1. The van der Waals surface area contributed by atoms with Gasteiger partial charge in [-0.05, 0) is 48.5 Å². The van der Waals surface area contributed by atoms with Gasteiger partial charge in [0.25, 0.3) is 0 Å². The fourth-order valence-corrected chi connectivity index (χ4v) is 3.71. The van der Waals surface area contributed by atoms with Gasteiger partial charge in [-0.3, -0.25) is 4.68 Å². The number of aryl methyl sites for hydroxylation is 2. The summed E-state index contributed by atoms with van der Waals surface area (Å²) in [5, 5.41) is 13.6. The third-order valence-corrected chi connectivity index (χ3v) is 5.55. The highest BCUT2D eigenvalue weighted by atomic mass is 32.2. The molecule has 4 rings (SSSR count). The summed E-state index contributed by atoms with van der Waals surface area (Å²) in [7, 11) is 3.85. The van der Waals surface area contributed by atoms with Crippen molar-refractivity contribution in [2.24, 2.45) is 14.1 Å². The third-order valence-electron chi connectivity index (χ3n) is 4.52. The van der Waals surface area contributed by atoms with Gasteiger partial charge in [0.05, 0.1) is 23.6 Å². The van der Waals surface area contributed by atoms with Crippen LogP contribution >= 0.6 is 11.8 Å². The van der Waals surface area contributed by atoms with Gasteiger partial charge < -0.3 is 9.13 Å². The van der Waals surface area contributed by atoms with Crippen LogP contribution in [0.1, 0.15) is 18.3 Å². The Bertz CT molecular complexity index is 1180. The van der Waals surface area contributed by atoms with Crippen LogP contribution in [0.3, 0.4) is 0 Å². The van der Waals surface area contributed by atoms with Crippen LogP contribution in [0.25, 0.3) is 22.7 Å². The molecule has 0 fully saturated rings. The van der Waals surface area contributed by atoms with E-state index < -0.39 is 0 Å². The SMILES string of the molecule is C=C(/C=C\c1nnc(Sc2ccc3ncn(CC)c3c2)n1C)c1cnn(C)c1. The molecule has 3 heterocycles. The van der Waals surface area contributed by atoms with Gasteiger partial charge in [-0.1, -0.05) is 12.7 Å². The van der Waals surface area contributed by atoms with Crippen LogP contribution in [0, 0.1) is 0 Å². The molecule has 0 unspecified atom stereocenters. The lowest BCUT2D eigenvalue weighted by Crippen LogP contribution is -1.94. The molecule has 0 bridgehead atoms. The van der Waals surface area contributed by atoms with Crippen LogP contribution in [0.2, 0.25) is 0 Å². The lowest BCUT2D eigenvalue weighted by molar-refractivity contribution is 0.767. The minimum absolute atomic E-state index is 0.771. The number of imidazole rings is 1. The summed E-state index contributed by atoms with van der Waals surface area (Å²) in [4.78, 5) is 5.53. The van der Waals surface area contributed by atoms with Crippen LogP contribution in [-0.2, 0) is 20.6 Å². The van der Waals surface area contributed by atoms with Crippen molar-refractivity contribution in [3.05, 3.63) is 61.0 Å². The van der Waals surface area contributed by atoms with Gasteiger partial charge in [0, 0.05) is 37.3 Å². The lowest BCUT2D eigenvalue weighted by atomic mass is 10.1. The van der Waals surface area contributed by atoms with Gasteiger partial charge in [-0.2, -0.15) is 5.10 Å². The van der Waals surface area contributed by atoms with Crippen molar-refractivity contribution in [3.63, 3.8) is 0 Å². The molecule has 1 aromatic carbocycles. The van der Waals surface area contributed by atoms with Gasteiger partial charge >= 0.3 is 0 Å². The van der Waals surface area contributed by atoms with E-state index in [1.54, 1.807) is 22.6 Å². The van der Waals surface area contributed by atoms with E-state index in [1.165, 1.54) is 0 Å². The highest BCUT2D eigenvalue weighted by Gasteiger charge is 2.10. The van der Waals surface area contributed by atoms with Crippen molar-refractivity contribution in [1.29, 1.82) is 0 Å². The Hall–Kier alpha value is -3.13. The summed E-state index contributed by atoms with van der Waals surface area (Å²) in [6, 6.07) is 6.25. The van der Waals surface area contributed by atoms with Crippen LogP contribution in [0.5, 0.6) is 0 Å². The molecule has 4 aromatic rings. The average molecular weight is 392 g/mol. The summed E-state index contributed by atoms with van der Waals surface area (Å²) < 4.78 is 5.86. The second-order valence-electron chi connectivity index (χ2n) is 6.44. The van der Waals surface area contributed by atoms with Crippen molar-refractivity contribution < 1.29 is 0 Å². The van der Waals surface area contributed by atoms with E-state index in [9.17, 15) is 0 Å². The molecule has 0 N–H and O–H groups in total. The van der Waals surface area contributed by atoms with Gasteiger partial charge in [0.15, 0.2) is 11.0 Å². The molecule has 0 aliphatic heterocycles. The molecule has 7 nitrogen and oxygen atoms in total. The third kappa shape index (κ3) is 3.50. The monoisotopic (exact) mass is 391 g/mol. The predicted molar refractivity (Wildman–Crippen MR) is 112 cm³/mol. The summed E-state index contributed by atoms with van der Waals surface area (Å²) in [5.41, 5.74) is 3.99. The van der Waals surface area contributed by atoms with Crippen molar-refractivity contribution in [2.75, 3.05) is 0 Å². The minimum Gasteiger partial charge on any atom is -0.331 e. The van der Waals surface area contributed by atoms with E-state index in [0.717, 1.165) is 44.6 Å². The summed E-state index contributed by atoms with van der Waals surface area (Å²) in [5.74, 6) is 0.771. The normalized spacial score (nSPS) is 11.7. The Balaban J connectivity index is 1.53. The van der Waals surface area contributed by atoms with Crippen molar-refractivity contribution in [2.45, 2.75) is 23.5 Å². The fraction of sp³-hybridized carbons (Fsp3) is 0.200. The Morgan fingerprint density at radius 3 is 2.86 bits per heavy atom. The molecule has 0 amide bonds. The van der Waals surface area contributed by atoms with E-state index in [4.69, 9.17) is 0 Å². The molecular weight excluding hydrogens is 370 g/mol. The topological polar surface area (TPSA) is 66.3 Å². The number of aromatic nitrogens is 7. The van der Waals surface area contributed by atoms with Gasteiger partial charge in [-0.25, -0.2) is 4.98 Å². The van der Waals surface area contributed by atoms with Gasteiger partial charge in [0.2, 0.25) is 0 Å². The van der Waals surface area contributed by atoms with Gasteiger partial charge in [-0.15, -0.1) is 10.2 Å².